The molecule has 10 heteroatoms. The molecule has 0 radical (unpaired) electrons. The fourth-order valence-corrected chi connectivity index (χ4v) is 7.39. The summed E-state index contributed by atoms with van der Waals surface area (Å²) in [4.78, 5) is 33.0. The zero-order chi connectivity index (χ0) is 25.6. The van der Waals surface area contributed by atoms with E-state index in [1.165, 1.54) is 19.3 Å². The van der Waals surface area contributed by atoms with Crippen LogP contribution in [0, 0.1) is 29.1 Å². The highest BCUT2D eigenvalue weighted by atomic mass is 32.1. The summed E-state index contributed by atoms with van der Waals surface area (Å²) in [6, 6.07) is 6.09. The van der Waals surface area contributed by atoms with Gasteiger partial charge in [-0.1, -0.05) is 13.8 Å². The molecule has 9 nitrogen and oxygen atoms in total. The van der Waals surface area contributed by atoms with Gasteiger partial charge in [0.05, 0.1) is 15.7 Å². The van der Waals surface area contributed by atoms with Gasteiger partial charge < -0.3 is 20.9 Å². The number of piperidine rings is 1. The number of nitrogens with zero attached hydrogens (tertiary/aromatic N) is 5. The summed E-state index contributed by atoms with van der Waals surface area (Å²) in [6.07, 6.45) is 5.54. The molecule has 3 atom stereocenters. The van der Waals surface area contributed by atoms with Crippen molar-refractivity contribution in [1.82, 2.24) is 25.3 Å². The first-order valence-electron chi connectivity index (χ1n) is 13.5. The van der Waals surface area contributed by atoms with Crippen LogP contribution < -0.4 is 20.9 Å². The van der Waals surface area contributed by atoms with Crippen molar-refractivity contribution in [3.8, 4) is 0 Å². The molecule has 4 aliphatic rings. The van der Waals surface area contributed by atoms with Gasteiger partial charge in [0.15, 0.2) is 0 Å². The van der Waals surface area contributed by atoms with Crippen LogP contribution in [-0.4, -0.2) is 52.5 Å². The summed E-state index contributed by atoms with van der Waals surface area (Å²) >= 11 is 1.62. The van der Waals surface area contributed by atoms with Gasteiger partial charge in [0.1, 0.15) is 0 Å². The Morgan fingerprint density at radius 3 is 2.68 bits per heavy atom. The van der Waals surface area contributed by atoms with Crippen LogP contribution in [0.4, 0.5) is 23.5 Å². The molecule has 0 spiro atoms. The Kier molecular flexibility index (Phi) is 6.38. The number of nitrogens with one attached hydrogen (secondary N) is 3. The monoisotopic (exact) mass is 520 g/mol. The van der Waals surface area contributed by atoms with E-state index in [0.29, 0.717) is 29.2 Å². The van der Waals surface area contributed by atoms with Crippen molar-refractivity contribution >= 4 is 51.0 Å². The maximum atomic E-state index is 12.1. The van der Waals surface area contributed by atoms with Gasteiger partial charge in [0, 0.05) is 38.3 Å². The molecular weight excluding hydrogens is 484 g/mol. The summed E-state index contributed by atoms with van der Waals surface area (Å²) in [5.74, 6) is 4.26. The number of amides is 1. The average Bonchev–Trinajstić information content (AvgIpc) is 3.39. The van der Waals surface area contributed by atoms with Crippen LogP contribution >= 0.6 is 11.3 Å². The molecule has 2 bridgehead atoms. The molecule has 2 aromatic heterocycles. The summed E-state index contributed by atoms with van der Waals surface area (Å²) in [6.45, 7) is 7.24. The minimum atomic E-state index is 0.0466. The number of carbonyl (C=O) groups is 1. The third kappa shape index (κ3) is 4.71. The molecule has 3 heterocycles. The van der Waals surface area contributed by atoms with E-state index in [4.69, 9.17) is 15.0 Å². The smallest absolute Gasteiger partial charge is 0.233 e. The highest BCUT2D eigenvalue weighted by Gasteiger charge is 2.53. The first-order valence-corrected chi connectivity index (χ1v) is 14.4. The molecule has 1 aromatic carbocycles. The second-order valence-electron chi connectivity index (χ2n) is 11.4. The Bertz CT molecular complexity index is 1280. The lowest BCUT2D eigenvalue weighted by Crippen LogP contribution is -2.53. The third-order valence-electron chi connectivity index (χ3n) is 9.13. The lowest BCUT2D eigenvalue weighted by Gasteiger charge is -2.60. The van der Waals surface area contributed by atoms with E-state index < -0.39 is 0 Å². The molecule has 4 fully saturated rings. The number of fused-ring (bicyclic) bond motifs is 3. The quantitative estimate of drug-likeness (QED) is 0.412. The molecule has 3 aliphatic carbocycles. The first kappa shape index (κ1) is 24.3. The topological polar surface area (TPSA) is 108 Å². The van der Waals surface area contributed by atoms with Crippen LogP contribution in [0.1, 0.15) is 46.0 Å². The zero-order valence-corrected chi connectivity index (χ0v) is 22.6. The van der Waals surface area contributed by atoms with Gasteiger partial charge in [-0.25, -0.2) is 4.98 Å². The number of carbonyl (C=O) groups excluding carboxylic acids is 1. The highest BCUT2D eigenvalue weighted by Crippen LogP contribution is 2.61. The number of aromatic nitrogens is 4. The molecule has 37 heavy (non-hydrogen) atoms. The van der Waals surface area contributed by atoms with Crippen molar-refractivity contribution in [2.45, 2.75) is 46.0 Å². The number of hydrogen-bond acceptors (Lipinski definition) is 9. The molecular formula is C27H36N8OS. The van der Waals surface area contributed by atoms with Crippen LogP contribution in [0.2, 0.25) is 0 Å². The van der Waals surface area contributed by atoms with E-state index in [-0.39, 0.29) is 11.8 Å². The Morgan fingerprint density at radius 1 is 1.11 bits per heavy atom. The standard InChI is InChI=1S/C27H36N8OS/c1-27(2)18-5-4-17(20(27)12-18)14-29-24-32-25(31-19-6-7-21-22(13-19)37-15-30-21)34-26(33-24)35-10-8-16(9-11-35)23(36)28-3/h6-7,13,15-18,20H,4-5,8-12,14H2,1-3H3,(H,28,36)(H2,29,31,32,33,34)/t17-,18-,20?/m0/s1. The SMILES string of the molecule is CNC(=O)C1CCN(c2nc(NC[C@@H]3CC[C@H]4CC3C4(C)C)nc(Nc3ccc4ncsc4c3)n2)CC1. The third-order valence-corrected chi connectivity index (χ3v) is 9.92. The minimum Gasteiger partial charge on any atom is -0.359 e. The summed E-state index contributed by atoms with van der Waals surface area (Å²) in [5.41, 5.74) is 4.22. The fraction of sp³-hybridized carbons (Fsp3) is 0.593. The van der Waals surface area contributed by atoms with E-state index in [9.17, 15) is 4.79 Å². The van der Waals surface area contributed by atoms with E-state index in [1.807, 2.05) is 17.6 Å². The van der Waals surface area contributed by atoms with Crippen molar-refractivity contribution < 1.29 is 4.79 Å². The van der Waals surface area contributed by atoms with Crippen molar-refractivity contribution in [2.24, 2.45) is 29.1 Å². The highest BCUT2D eigenvalue weighted by molar-refractivity contribution is 7.16. The van der Waals surface area contributed by atoms with Crippen LogP contribution in [-0.2, 0) is 4.79 Å². The van der Waals surface area contributed by atoms with Gasteiger partial charge in [-0.05, 0) is 73.5 Å². The second-order valence-corrected chi connectivity index (χ2v) is 12.3. The normalized spacial score (nSPS) is 24.9. The number of rotatable bonds is 7. The number of thiazole rings is 1. The van der Waals surface area contributed by atoms with Crippen LogP contribution in [0.25, 0.3) is 10.2 Å². The van der Waals surface area contributed by atoms with Crippen LogP contribution in [0.3, 0.4) is 0 Å². The Labute approximate surface area is 221 Å². The predicted octanol–water partition coefficient (Wildman–Crippen LogP) is 4.67. The Balaban J connectivity index is 1.22. The Morgan fingerprint density at radius 2 is 1.92 bits per heavy atom. The summed E-state index contributed by atoms with van der Waals surface area (Å²) < 4.78 is 1.12. The van der Waals surface area contributed by atoms with Crippen molar-refractivity contribution in [3.63, 3.8) is 0 Å². The van der Waals surface area contributed by atoms with Gasteiger partial charge in [-0.15, -0.1) is 11.3 Å². The number of anilines is 4. The molecule has 3 N–H and O–H groups in total. The maximum absolute atomic E-state index is 12.1. The van der Waals surface area contributed by atoms with Gasteiger partial charge in [0.2, 0.25) is 23.8 Å². The minimum absolute atomic E-state index is 0.0466. The first-order chi connectivity index (χ1) is 17.9. The molecule has 1 saturated heterocycles. The molecule has 1 aliphatic heterocycles. The molecule has 3 saturated carbocycles. The lowest BCUT2D eigenvalue weighted by atomic mass is 9.45. The van der Waals surface area contributed by atoms with E-state index in [2.05, 4.69) is 45.7 Å². The molecule has 3 aromatic rings. The molecule has 1 amide bonds. The van der Waals surface area contributed by atoms with Crippen LogP contribution in [0.15, 0.2) is 23.7 Å². The van der Waals surface area contributed by atoms with Gasteiger partial charge in [-0.3, -0.25) is 4.79 Å². The van der Waals surface area contributed by atoms with Crippen molar-refractivity contribution in [3.05, 3.63) is 23.7 Å². The van der Waals surface area contributed by atoms with Crippen molar-refractivity contribution in [1.29, 1.82) is 0 Å². The van der Waals surface area contributed by atoms with Gasteiger partial charge in [0.25, 0.3) is 0 Å². The average molecular weight is 521 g/mol. The fourth-order valence-electron chi connectivity index (χ4n) is 6.68. The molecule has 7 rings (SSSR count). The van der Waals surface area contributed by atoms with Crippen molar-refractivity contribution in [2.75, 3.05) is 42.2 Å². The van der Waals surface area contributed by atoms with Crippen LogP contribution in [0.5, 0.6) is 0 Å². The van der Waals surface area contributed by atoms with Gasteiger partial charge in [-0.2, -0.15) is 15.0 Å². The predicted molar refractivity (Wildman–Crippen MR) is 148 cm³/mol. The van der Waals surface area contributed by atoms with Gasteiger partial charge >= 0.3 is 0 Å². The molecule has 1 unspecified atom stereocenters. The Hall–Kier alpha value is -3.01. The second kappa shape index (κ2) is 9.70. The number of benzene rings is 1. The maximum Gasteiger partial charge on any atom is 0.233 e. The summed E-state index contributed by atoms with van der Waals surface area (Å²) in [5, 5.41) is 9.75. The molecule has 196 valence electrons. The zero-order valence-electron chi connectivity index (χ0n) is 21.8. The van der Waals surface area contributed by atoms with E-state index in [0.717, 1.165) is 60.2 Å². The summed E-state index contributed by atoms with van der Waals surface area (Å²) in [7, 11) is 1.71. The lowest BCUT2D eigenvalue weighted by molar-refractivity contribution is -0.125. The van der Waals surface area contributed by atoms with E-state index in [1.54, 1.807) is 18.4 Å². The largest absolute Gasteiger partial charge is 0.359 e. The number of hydrogen-bond donors (Lipinski definition) is 3. The van der Waals surface area contributed by atoms with E-state index >= 15 is 0 Å².